The Morgan fingerprint density at radius 2 is 1.60 bits per heavy atom. The smallest absolute Gasteiger partial charge is 0.321 e. The number of carbonyl (C=O) groups is 2. The van der Waals surface area contributed by atoms with Crippen molar-refractivity contribution >= 4 is 23.8 Å². The average molecular weight is 423 g/mol. The van der Waals surface area contributed by atoms with Crippen LogP contribution in [-0.4, -0.2) is 44.7 Å². The van der Waals surface area contributed by atoms with Crippen molar-refractivity contribution in [3.63, 3.8) is 0 Å². The van der Waals surface area contributed by atoms with Crippen molar-refractivity contribution in [1.29, 1.82) is 0 Å². The van der Waals surface area contributed by atoms with E-state index in [1.165, 1.54) is 4.91 Å². The van der Waals surface area contributed by atoms with Crippen molar-refractivity contribution < 1.29 is 14.7 Å². The Morgan fingerprint density at radius 1 is 1.00 bits per heavy atom. The molecule has 0 radical (unpaired) electrons. The molecule has 2 aromatic carbocycles. The standard InChI is InChI=1S/C24H26N2O3S/c27-22(28)14-8-7-13-21-23-20(17-30-21)25(15-18-9-3-1-4-10-18)24(29)26(23)16-19-11-5-2-6-12-19/h1-6,9-13,20,23H,7-8,14-17H2,(H,27,28)/b21-13+/t20-,23-/m0/s1. The Labute approximate surface area is 181 Å². The normalized spacial score (nSPS) is 22.0. The van der Waals surface area contributed by atoms with Gasteiger partial charge in [-0.2, -0.15) is 0 Å². The molecule has 0 bridgehead atoms. The zero-order valence-electron chi connectivity index (χ0n) is 16.8. The largest absolute Gasteiger partial charge is 0.481 e. The van der Waals surface area contributed by atoms with Gasteiger partial charge in [-0.1, -0.05) is 66.7 Å². The third-order valence-corrected chi connectivity index (χ3v) is 6.89. The Hall–Kier alpha value is -2.73. The molecule has 2 atom stereocenters. The second kappa shape index (κ2) is 9.39. The van der Waals surface area contributed by atoms with Gasteiger partial charge in [0.2, 0.25) is 0 Å². The lowest BCUT2D eigenvalue weighted by Gasteiger charge is -2.23. The molecular weight excluding hydrogens is 396 g/mol. The van der Waals surface area contributed by atoms with Crippen molar-refractivity contribution in [2.75, 3.05) is 5.75 Å². The monoisotopic (exact) mass is 422 g/mol. The quantitative estimate of drug-likeness (QED) is 0.493. The van der Waals surface area contributed by atoms with Crippen LogP contribution in [-0.2, 0) is 17.9 Å². The summed E-state index contributed by atoms with van der Waals surface area (Å²) in [6, 6.07) is 20.5. The molecule has 1 N–H and O–H groups in total. The number of benzene rings is 2. The van der Waals surface area contributed by atoms with E-state index in [1.807, 2.05) is 46.2 Å². The van der Waals surface area contributed by atoms with Gasteiger partial charge < -0.3 is 14.9 Å². The van der Waals surface area contributed by atoms with Crippen molar-refractivity contribution in [3.05, 3.63) is 82.8 Å². The molecule has 2 aliphatic rings. The SMILES string of the molecule is O=C(O)CCC/C=C1/SC[C@H]2[C@@H]1N(Cc1ccccc1)C(=O)N2Cc1ccccc1. The molecule has 2 aromatic rings. The summed E-state index contributed by atoms with van der Waals surface area (Å²) >= 11 is 1.80. The third kappa shape index (κ3) is 4.54. The number of allylic oxidation sites excluding steroid dienone is 1. The van der Waals surface area contributed by atoms with E-state index in [2.05, 4.69) is 30.3 Å². The molecule has 2 amide bonds. The lowest BCUT2D eigenvalue weighted by molar-refractivity contribution is -0.137. The molecule has 4 rings (SSSR count). The Balaban J connectivity index is 1.56. The fourth-order valence-electron chi connectivity index (χ4n) is 4.18. The molecule has 6 heteroatoms. The number of carboxylic acid groups (broad SMARTS) is 1. The minimum Gasteiger partial charge on any atom is -0.481 e. The zero-order valence-corrected chi connectivity index (χ0v) is 17.6. The number of amides is 2. The summed E-state index contributed by atoms with van der Waals surface area (Å²) < 4.78 is 0. The summed E-state index contributed by atoms with van der Waals surface area (Å²) in [4.78, 5) is 29.4. The topological polar surface area (TPSA) is 60.9 Å². The van der Waals surface area contributed by atoms with Gasteiger partial charge in [0.1, 0.15) is 0 Å². The van der Waals surface area contributed by atoms with Crippen LogP contribution in [0, 0.1) is 0 Å². The van der Waals surface area contributed by atoms with Crippen molar-refractivity contribution in [3.8, 4) is 0 Å². The van der Waals surface area contributed by atoms with E-state index >= 15 is 0 Å². The van der Waals surface area contributed by atoms with Crippen LogP contribution < -0.4 is 0 Å². The van der Waals surface area contributed by atoms with Gasteiger partial charge in [-0.05, 0) is 24.0 Å². The van der Waals surface area contributed by atoms with E-state index in [-0.39, 0.29) is 24.5 Å². The molecule has 0 aliphatic carbocycles. The summed E-state index contributed by atoms with van der Waals surface area (Å²) in [5.41, 5.74) is 2.25. The number of rotatable bonds is 8. The zero-order chi connectivity index (χ0) is 20.9. The number of hydrogen-bond acceptors (Lipinski definition) is 3. The van der Waals surface area contributed by atoms with Crippen LogP contribution in [0.3, 0.4) is 0 Å². The van der Waals surface area contributed by atoms with Crippen molar-refractivity contribution in [2.24, 2.45) is 0 Å². The molecule has 5 nitrogen and oxygen atoms in total. The maximum absolute atomic E-state index is 13.4. The molecule has 2 aliphatic heterocycles. The first-order chi connectivity index (χ1) is 14.6. The highest BCUT2D eigenvalue weighted by atomic mass is 32.2. The lowest BCUT2D eigenvalue weighted by atomic mass is 10.1. The Kier molecular flexibility index (Phi) is 6.43. The number of fused-ring (bicyclic) bond motifs is 1. The number of carbonyl (C=O) groups excluding carboxylic acids is 1. The molecule has 0 unspecified atom stereocenters. The van der Waals surface area contributed by atoms with Crippen LogP contribution in [0.25, 0.3) is 0 Å². The van der Waals surface area contributed by atoms with E-state index in [0.29, 0.717) is 19.5 Å². The van der Waals surface area contributed by atoms with Gasteiger partial charge in [0.25, 0.3) is 0 Å². The van der Waals surface area contributed by atoms with Gasteiger partial charge in [-0.3, -0.25) is 4.79 Å². The minimum absolute atomic E-state index is 0.0382. The van der Waals surface area contributed by atoms with Gasteiger partial charge >= 0.3 is 12.0 Å². The molecule has 156 valence electrons. The molecule has 2 fully saturated rings. The summed E-state index contributed by atoms with van der Waals surface area (Å²) in [6.07, 6.45) is 3.67. The van der Waals surface area contributed by atoms with Crippen LogP contribution in [0.4, 0.5) is 4.79 Å². The van der Waals surface area contributed by atoms with E-state index in [9.17, 15) is 9.59 Å². The van der Waals surface area contributed by atoms with E-state index in [0.717, 1.165) is 23.3 Å². The van der Waals surface area contributed by atoms with Crippen molar-refractivity contribution in [2.45, 2.75) is 44.4 Å². The highest BCUT2D eigenvalue weighted by Crippen LogP contribution is 2.43. The number of hydrogen-bond donors (Lipinski definition) is 1. The second-order valence-electron chi connectivity index (χ2n) is 7.73. The summed E-state index contributed by atoms with van der Waals surface area (Å²) in [5.74, 6) is 0.111. The molecule has 0 spiro atoms. The first-order valence-corrected chi connectivity index (χ1v) is 11.3. The molecular formula is C24H26N2O3S. The van der Waals surface area contributed by atoms with Gasteiger partial charge in [0.15, 0.2) is 0 Å². The first kappa shape index (κ1) is 20.5. The Morgan fingerprint density at radius 3 is 2.20 bits per heavy atom. The first-order valence-electron chi connectivity index (χ1n) is 10.3. The molecule has 0 saturated carbocycles. The van der Waals surface area contributed by atoms with Crippen LogP contribution in [0.1, 0.15) is 30.4 Å². The minimum atomic E-state index is -0.763. The summed E-state index contributed by atoms with van der Waals surface area (Å²) in [7, 11) is 0. The van der Waals surface area contributed by atoms with Gasteiger partial charge in [-0.15, -0.1) is 11.8 Å². The predicted molar refractivity (Wildman–Crippen MR) is 119 cm³/mol. The summed E-state index contributed by atoms with van der Waals surface area (Å²) in [6.45, 7) is 1.19. The van der Waals surface area contributed by atoms with E-state index < -0.39 is 5.97 Å². The molecule has 30 heavy (non-hydrogen) atoms. The van der Waals surface area contributed by atoms with E-state index in [4.69, 9.17) is 5.11 Å². The third-order valence-electron chi connectivity index (χ3n) is 5.64. The molecule has 2 saturated heterocycles. The van der Waals surface area contributed by atoms with Crippen LogP contribution in [0.5, 0.6) is 0 Å². The molecule has 0 aromatic heterocycles. The van der Waals surface area contributed by atoms with Gasteiger partial charge in [-0.25, -0.2) is 4.79 Å². The van der Waals surface area contributed by atoms with Crippen LogP contribution >= 0.6 is 11.8 Å². The van der Waals surface area contributed by atoms with Gasteiger partial charge in [0.05, 0.1) is 12.1 Å². The number of nitrogens with zero attached hydrogens (tertiary/aromatic N) is 2. The average Bonchev–Trinajstić information content (AvgIpc) is 3.27. The fourth-order valence-corrected chi connectivity index (χ4v) is 5.60. The Bertz CT molecular complexity index is 917. The number of urea groups is 1. The van der Waals surface area contributed by atoms with Crippen LogP contribution in [0.2, 0.25) is 0 Å². The number of unbranched alkanes of at least 4 members (excludes halogenated alkanes) is 1. The maximum Gasteiger partial charge on any atom is 0.321 e. The number of aliphatic carboxylic acids is 1. The molecule has 2 heterocycles. The second-order valence-corrected chi connectivity index (χ2v) is 8.82. The van der Waals surface area contributed by atoms with Crippen molar-refractivity contribution in [1.82, 2.24) is 9.80 Å². The summed E-state index contributed by atoms with van der Waals surface area (Å²) in [5, 5.41) is 8.89. The van der Waals surface area contributed by atoms with Crippen LogP contribution in [0.15, 0.2) is 71.6 Å². The number of thioether (sulfide) groups is 1. The highest BCUT2D eigenvalue weighted by Gasteiger charge is 2.50. The van der Waals surface area contributed by atoms with E-state index in [1.54, 1.807) is 11.8 Å². The number of carboxylic acids is 1. The highest BCUT2D eigenvalue weighted by molar-refractivity contribution is 8.03. The van der Waals surface area contributed by atoms with Gasteiger partial charge in [0, 0.05) is 30.2 Å². The fraction of sp³-hybridized carbons (Fsp3) is 0.333. The maximum atomic E-state index is 13.4. The lowest BCUT2D eigenvalue weighted by Crippen LogP contribution is -2.35. The predicted octanol–water partition coefficient (Wildman–Crippen LogP) is 4.75.